The van der Waals surface area contributed by atoms with Crippen molar-refractivity contribution in [3.05, 3.63) is 35.4 Å². The summed E-state index contributed by atoms with van der Waals surface area (Å²) in [4.78, 5) is 0. The second kappa shape index (κ2) is 4.16. The molecule has 0 aliphatic heterocycles. The van der Waals surface area contributed by atoms with Crippen LogP contribution < -0.4 is 0 Å². The summed E-state index contributed by atoms with van der Waals surface area (Å²) >= 11 is 0. The van der Waals surface area contributed by atoms with E-state index in [4.69, 9.17) is 0 Å². The monoisotopic (exact) mass is 190 g/mol. The van der Waals surface area contributed by atoms with Gasteiger partial charge < -0.3 is 0 Å². The largest absolute Gasteiger partial charge is 0.0619 e. The number of aryl methyl sites for hydroxylation is 1. The molecule has 0 aromatic heterocycles. The maximum absolute atomic E-state index is 2.32. The van der Waals surface area contributed by atoms with Crippen molar-refractivity contribution in [2.75, 3.05) is 0 Å². The van der Waals surface area contributed by atoms with Crippen molar-refractivity contribution in [3.8, 4) is 0 Å². The Morgan fingerprint density at radius 1 is 1.07 bits per heavy atom. The Hall–Kier alpha value is -0.780. The van der Waals surface area contributed by atoms with Gasteiger partial charge in [0.15, 0.2) is 0 Å². The van der Waals surface area contributed by atoms with Crippen LogP contribution in [0, 0.1) is 5.92 Å². The fourth-order valence-electron chi connectivity index (χ4n) is 1.50. The summed E-state index contributed by atoms with van der Waals surface area (Å²) in [7, 11) is 0. The lowest BCUT2D eigenvalue weighted by molar-refractivity contribution is 0.372. The van der Waals surface area contributed by atoms with Gasteiger partial charge in [-0.15, -0.1) is 0 Å². The lowest BCUT2D eigenvalue weighted by atomic mass is 9.75. The minimum absolute atomic E-state index is 0.284. The summed E-state index contributed by atoms with van der Waals surface area (Å²) in [6.07, 6.45) is 1.13. The first-order chi connectivity index (χ1) is 6.48. The molecule has 0 bridgehead atoms. The number of benzene rings is 1. The van der Waals surface area contributed by atoms with Gasteiger partial charge in [0.05, 0.1) is 0 Å². The van der Waals surface area contributed by atoms with Gasteiger partial charge in [-0.25, -0.2) is 0 Å². The standard InChI is InChI=1S/C14H22/c1-6-12-7-9-13(10-8-12)14(4,5)11(2)3/h7-11H,6H2,1-5H3. The van der Waals surface area contributed by atoms with Crippen LogP contribution in [0.3, 0.4) is 0 Å². The van der Waals surface area contributed by atoms with Gasteiger partial charge in [0.2, 0.25) is 0 Å². The Morgan fingerprint density at radius 2 is 1.57 bits per heavy atom. The summed E-state index contributed by atoms with van der Waals surface area (Å²) in [6, 6.07) is 9.05. The van der Waals surface area contributed by atoms with E-state index in [0.717, 1.165) is 6.42 Å². The van der Waals surface area contributed by atoms with Gasteiger partial charge in [-0.2, -0.15) is 0 Å². The van der Waals surface area contributed by atoms with Gasteiger partial charge in [-0.1, -0.05) is 58.9 Å². The van der Waals surface area contributed by atoms with Crippen molar-refractivity contribution in [3.63, 3.8) is 0 Å². The van der Waals surface area contributed by atoms with E-state index in [1.807, 2.05) is 0 Å². The van der Waals surface area contributed by atoms with Crippen molar-refractivity contribution >= 4 is 0 Å². The molecule has 0 aliphatic rings. The highest BCUT2D eigenvalue weighted by Crippen LogP contribution is 2.31. The Balaban J connectivity index is 2.97. The van der Waals surface area contributed by atoms with Crippen LogP contribution in [0.5, 0.6) is 0 Å². The predicted molar refractivity (Wildman–Crippen MR) is 63.7 cm³/mol. The molecular weight excluding hydrogens is 168 g/mol. The Kier molecular flexibility index (Phi) is 3.36. The molecule has 0 unspecified atom stereocenters. The summed E-state index contributed by atoms with van der Waals surface area (Å²) in [5.74, 6) is 0.676. The first-order valence-electron chi connectivity index (χ1n) is 5.58. The van der Waals surface area contributed by atoms with Crippen LogP contribution in [0.4, 0.5) is 0 Å². The average Bonchev–Trinajstić information content (AvgIpc) is 2.17. The van der Waals surface area contributed by atoms with Crippen molar-refractivity contribution in [1.82, 2.24) is 0 Å². The molecule has 1 aromatic carbocycles. The number of rotatable bonds is 3. The zero-order valence-electron chi connectivity index (χ0n) is 10.1. The molecule has 78 valence electrons. The van der Waals surface area contributed by atoms with E-state index >= 15 is 0 Å². The molecule has 0 heteroatoms. The van der Waals surface area contributed by atoms with E-state index in [1.165, 1.54) is 11.1 Å². The third-order valence-corrected chi connectivity index (χ3v) is 3.55. The normalized spacial score (nSPS) is 12.1. The molecule has 0 saturated carbocycles. The molecule has 0 amide bonds. The maximum atomic E-state index is 2.32. The second-order valence-electron chi connectivity index (χ2n) is 4.93. The van der Waals surface area contributed by atoms with Crippen LogP contribution in [0.1, 0.15) is 45.7 Å². The lowest BCUT2D eigenvalue weighted by Gasteiger charge is -2.30. The van der Waals surface area contributed by atoms with Crippen molar-refractivity contribution in [1.29, 1.82) is 0 Å². The number of hydrogen-bond acceptors (Lipinski definition) is 0. The molecule has 0 atom stereocenters. The molecule has 0 heterocycles. The third-order valence-electron chi connectivity index (χ3n) is 3.55. The van der Waals surface area contributed by atoms with Crippen LogP contribution in [-0.2, 0) is 11.8 Å². The zero-order chi connectivity index (χ0) is 10.8. The topological polar surface area (TPSA) is 0 Å². The highest BCUT2D eigenvalue weighted by atomic mass is 14.3. The summed E-state index contributed by atoms with van der Waals surface area (Å²) in [6.45, 7) is 11.4. The van der Waals surface area contributed by atoms with Gasteiger partial charge >= 0.3 is 0 Å². The Labute approximate surface area is 88.4 Å². The lowest BCUT2D eigenvalue weighted by Crippen LogP contribution is -2.24. The molecule has 0 nitrogen and oxygen atoms in total. The summed E-state index contributed by atoms with van der Waals surface area (Å²) in [5, 5.41) is 0. The molecule has 0 N–H and O–H groups in total. The Morgan fingerprint density at radius 3 is 1.93 bits per heavy atom. The summed E-state index contributed by atoms with van der Waals surface area (Å²) < 4.78 is 0. The van der Waals surface area contributed by atoms with Gasteiger partial charge in [-0.3, -0.25) is 0 Å². The van der Waals surface area contributed by atoms with Gasteiger partial charge in [0, 0.05) is 0 Å². The SMILES string of the molecule is CCc1ccc(C(C)(C)C(C)C)cc1. The second-order valence-corrected chi connectivity index (χ2v) is 4.93. The molecule has 0 fully saturated rings. The predicted octanol–water partition coefficient (Wildman–Crippen LogP) is 4.18. The molecule has 1 aromatic rings. The zero-order valence-corrected chi connectivity index (χ0v) is 10.1. The fraction of sp³-hybridized carbons (Fsp3) is 0.571. The van der Waals surface area contributed by atoms with Gasteiger partial charge in [0.1, 0.15) is 0 Å². The first-order valence-corrected chi connectivity index (χ1v) is 5.58. The van der Waals surface area contributed by atoms with Crippen molar-refractivity contribution < 1.29 is 0 Å². The number of hydrogen-bond donors (Lipinski definition) is 0. The maximum Gasteiger partial charge on any atom is -0.00806 e. The smallest absolute Gasteiger partial charge is 0.00806 e. The third kappa shape index (κ3) is 2.17. The van der Waals surface area contributed by atoms with E-state index in [1.54, 1.807) is 0 Å². The van der Waals surface area contributed by atoms with E-state index in [9.17, 15) is 0 Å². The van der Waals surface area contributed by atoms with Crippen LogP contribution in [0.15, 0.2) is 24.3 Å². The van der Waals surface area contributed by atoms with Crippen LogP contribution >= 0.6 is 0 Å². The van der Waals surface area contributed by atoms with E-state index in [0.29, 0.717) is 5.92 Å². The highest BCUT2D eigenvalue weighted by Gasteiger charge is 2.24. The molecule has 1 rings (SSSR count). The molecule has 0 saturated heterocycles. The quantitative estimate of drug-likeness (QED) is 0.670. The molecular formula is C14H22. The van der Waals surface area contributed by atoms with Crippen molar-refractivity contribution in [2.45, 2.75) is 46.5 Å². The Bertz CT molecular complexity index is 277. The minimum Gasteiger partial charge on any atom is -0.0619 e. The average molecular weight is 190 g/mol. The van der Waals surface area contributed by atoms with E-state index < -0.39 is 0 Å². The van der Waals surface area contributed by atoms with E-state index in [-0.39, 0.29) is 5.41 Å². The summed E-state index contributed by atoms with van der Waals surface area (Å²) in [5.41, 5.74) is 3.16. The van der Waals surface area contributed by atoms with Crippen LogP contribution in [0.2, 0.25) is 0 Å². The van der Waals surface area contributed by atoms with Crippen LogP contribution in [0.25, 0.3) is 0 Å². The first kappa shape index (κ1) is 11.3. The van der Waals surface area contributed by atoms with Gasteiger partial charge in [-0.05, 0) is 28.9 Å². The van der Waals surface area contributed by atoms with E-state index in [2.05, 4.69) is 58.9 Å². The fourth-order valence-corrected chi connectivity index (χ4v) is 1.50. The van der Waals surface area contributed by atoms with Crippen molar-refractivity contribution in [2.24, 2.45) is 5.92 Å². The highest BCUT2D eigenvalue weighted by molar-refractivity contribution is 5.28. The minimum atomic E-state index is 0.284. The van der Waals surface area contributed by atoms with Gasteiger partial charge in [0.25, 0.3) is 0 Å². The molecule has 0 radical (unpaired) electrons. The molecule has 0 spiro atoms. The van der Waals surface area contributed by atoms with Crippen LogP contribution in [-0.4, -0.2) is 0 Å². The molecule has 0 aliphatic carbocycles. The molecule has 14 heavy (non-hydrogen) atoms.